The number of nitrogens with one attached hydrogen (secondary N) is 2. The Labute approximate surface area is 171 Å². The summed E-state index contributed by atoms with van der Waals surface area (Å²) in [4.78, 5) is 48.3. The minimum atomic E-state index is -1.04. The second kappa shape index (κ2) is 11.2. The van der Waals surface area contributed by atoms with Gasteiger partial charge in [-0.25, -0.2) is 4.79 Å². The quantitative estimate of drug-likeness (QED) is 0.602. The summed E-state index contributed by atoms with van der Waals surface area (Å²) in [5.41, 5.74) is 0.206. The topological polar surface area (TPSA) is 111 Å². The van der Waals surface area contributed by atoms with Crippen molar-refractivity contribution in [2.45, 2.75) is 64.6 Å². The van der Waals surface area contributed by atoms with Gasteiger partial charge in [-0.05, 0) is 32.8 Å². The molecule has 1 aromatic rings. The third kappa shape index (κ3) is 9.73. The standard InChI is InChI=1S/C21H30N2O6/c1-14(24)22-17(13-15-9-7-6-8-10-15)19(26)23-16(20(27)28-5)11-12-18(25)29-21(2,3)4/h6-10,16-17H,11-13H2,1-5H3,(H,22,24)(H,23,26)/t16-,17-/m1/s1. The molecule has 0 radical (unpaired) electrons. The first kappa shape index (κ1) is 24.1. The molecule has 1 aromatic carbocycles. The Morgan fingerprint density at radius 1 is 1.00 bits per heavy atom. The summed E-state index contributed by atoms with van der Waals surface area (Å²) in [6, 6.07) is 7.27. The molecule has 8 heteroatoms. The number of carbonyl (C=O) groups is 4. The first-order valence-corrected chi connectivity index (χ1v) is 9.43. The van der Waals surface area contributed by atoms with Crippen LogP contribution in [0.15, 0.2) is 30.3 Å². The predicted molar refractivity (Wildman–Crippen MR) is 107 cm³/mol. The fourth-order valence-electron chi connectivity index (χ4n) is 2.62. The minimum Gasteiger partial charge on any atom is -0.467 e. The first-order valence-electron chi connectivity index (χ1n) is 9.43. The molecule has 0 fully saturated rings. The lowest BCUT2D eigenvalue weighted by Gasteiger charge is -2.23. The molecule has 0 bridgehead atoms. The highest BCUT2D eigenvalue weighted by atomic mass is 16.6. The van der Waals surface area contributed by atoms with E-state index in [2.05, 4.69) is 10.6 Å². The van der Waals surface area contributed by atoms with Crippen LogP contribution in [0.2, 0.25) is 0 Å². The summed E-state index contributed by atoms with van der Waals surface area (Å²) in [5.74, 6) is -2.07. The Bertz CT molecular complexity index is 712. The second-order valence-corrected chi connectivity index (χ2v) is 7.65. The van der Waals surface area contributed by atoms with Gasteiger partial charge in [-0.2, -0.15) is 0 Å². The summed E-state index contributed by atoms with van der Waals surface area (Å²) in [5, 5.41) is 5.17. The molecule has 0 aliphatic carbocycles. The van der Waals surface area contributed by atoms with E-state index < -0.39 is 35.5 Å². The van der Waals surface area contributed by atoms with Gasteiger partial charge in [0.1, 0.15) is 17.7 Å². The fraction of sp³-hybridized carbons (Fsp3) is 0.524. The molecule has 2 N–H and O–H groups in total. The zero-order valence-corrected chi connectivity index (χ0v) is 17.6. The SMILES string of the molecule is COC(=O)[C@@H](CCC(=O)OC(C)(C)C)NC(=O)[C@@H](Cc1ccccc1)NC(C)=O. The first-order chi connectivity index (χ1) is 13.5. The molecule has 29 heavy (non-hydrogen) atoms. The van der Waals surface area contributed by atoms with Gasteiger partial charge in [0.05, 0.1) is 7.11 Å². The average molecular weight is 406 g/mol. The number of rotatable bonds is 9. The number of methoxy groups -OCH3 is 1. The number of benzene rings is 1. The molecule has 0 saturated heterocycles. The van der Waals surface area contributed by atoms with Crippen LogP contribution in [-0.4, -0.2) is 48.5 Å². The smallest absolute Gasteiger partial charge is 0.328 e. The molecule has 160 valence electrons. The van der Waals surface area contributed by atoms with Gasteiger partial charge in [0.25, 0.3) is 0 Å². The highest BCUT2D eigenvalue weighted by molar-refractivity contribution is 5.90. The molecular formula is C21H30N2O6. The van der Waals surface area contributed by atoms with E-state index in [0.29, 0.717) is 0 Å². The lowest BCUT2D eigenvalue weighted by atomic mass is 10.0. The van der Waals surface area contributed by atoms with Crippen LogP contribution >= 0.6 is 0 Å². The Kier molecular flexibility index (Phi) is 9.31. The van der Waals surface area contributed by atoms with Crippen molar-refractivity contribution < 1.29 is 28.7 Å². The van der Waals surface area contributed by atoms with Crippen LogP contribution < -0.4 is 10.6 Å². The van der Waals surface area contributed by atoms with E-state index in [9.17, 15) is 19.2 Å². The van der Waals surface area contributed by atoms with Crippen molar-refractivity contribution in [3.63, 3.8) is 0 Å². The van der Waals surface area contributed by atoms with E-state index in [1.54, 1.807) is 20.8 Å². The number of hydrogen-bond donors (Lipinski definition) is 2. The molecule has 1 rings (SSSR count). The number of amides is 2. The highest BCUT2D eigenvalue weighted by Gasteiger charge is 2.28. The van der Waals surface area contributed by atoms with Gasteiger partial charge in [0.2, 0.25) is 11.8 Å². The Balaban J connectivity index is 2.82. The van der Waals surface area contributed by atoms with Crippen LogP contribution in [0.3, 0.4) is 0 Å². The van der Waals surface area contributed by atoms with Crippen molar-refractivity contribution in [3.8, 4) is 0 Å². The maximum absolute atomic E-state index is 12.7. The van der Waals surface area contributed by atoms with E-state index in [1.165, 1.54) is 14.0 Å². The van der Waals surface area contributed by atoms with Crippen LogP contribution in [-0.2, 0) is 35.1 Å². The highest BCUT2D eigenvalue weighted by Crippen LogP contribution is 2.11. The van der Waals surface area contributed by atoms with Gasteiger partial charge >= 0.3 is 11.9 Å². The van der Waals surface area contributed by atoms with E-state index >= 15 is 0 Å². The summed E-state index contributed by atoms with van der Waals surface area (Å²) in [7, 11) is 1.20. The largest absolute Gasteiger partial charge is 0.467 e. The number of hydrogen-bond acceptors (Lipinski definition) is 6. The summed E-state index contributed by atoms with van der Waals surface area (Å²) >= 11 is 0. The Hall–Kier alpha value is -2.90. The summed E-state index contributed by atoms with van der Waals surface area (Å²) in [6.07, 6.45) is 0.207. The van der Waals surface area contributed by atoms with E-state index in [4.69, 9.17) is 9.47 Å². The van der Waals surface area contributed by atoms with Gasteiger partial charge in [0.15, 0.2) is 0 Å². The third-order valence-electron chi connectivity index (χ3n) is 3.84. The van der Waals surface area contributed by atoms with E-state index in [0.717, 1.165) is 5.56 Å². The molecular weight excluding hydrogens is 376 g/mol. The molecule has 0 aromatic heterocycles. The average Bonchev–Trinajstić information content (AvgIpc) is 2.62. The maximum atomic E-state index is 12.7. The molecule has 0 spiro atoms. The van der Waals surface area contributed by atoms with Gasteiger partial charge in [0, 0.05) is 19.8 Å². The summed E-state index contributed by atoms with van der Waals surface area (Å²) < 4.78 is 9.96. The predicted octanol–water partition coefficient (Wildman–Crippen LogP) is 1.51. The lowest BCUT2D eigenvalue weighted by Crippen LogP contribution is -2.52. The van der Waals surface area contributed by atoms with E-state index in [1.807, 2.05) is 30.3 Å². The van der Waals surface area contributed by atoms with Crippen LogP contribution in [0, 0.1) is 0 Å². The summed E-state index contributed by atoms with van der Waals surface area (Å²) in [6.45, 7) is 6.54. The van der Waals surface area contributed by atoms with Crippen molar-refractivity contribution in [1.82, 2.24) is 10.6 Å². The minimum absolute atomic E-state index is 0.0193. The second-order valence-electron chi connectivity index (χ2n) is 7.65. The van der Waals surface area contributed by atoms with Gasteiger partial charge < -0.3 is 20.1 Å². The zero-order valence-electron chi connectivity index (χ0n) is 17.6. The van der Waals surface area contributed by atoms with E-state index in [-0.39, 0.29) is 25.2 Å². The van der Waals surface area contributed by atoms with Gasteiger partial charge in [-0.15, -0.1) is 0 Å². The Morgan fingerprint density at radius 3 is 2.14 bits per heavy atom. The third-order valence-corrected chi connectivity index (χ3v) is 3.84. The molecule has 0 aliphatic rings. The van der Waals surface area contributed by atoms with Crippen LogP contribution in [0.4, 0.5) is 0 Å². The van der Waals surface area contributed by atoms with Crippen molar-refractivity contribution in [1.29, 1.82) is 0 Å². The molecule has 0 saturated carbocycles. The fourth-order valence-corrected chi connectivity index (χ4v) is 2.62. The van der Waals surface area contributed by atoms with Crippen molar-refractivity contribution in [2.75, 3.05) is 7.11 Å². The zero-order chi connectivity index (χ0) is 22.0. The molecule has 0 unspecified atom stereocenters. The molecule has 8 nitrogen and oxygen atoms in total. The van der Waals surface area contributed by atoms with Gasteiger partial charge in [-0.1, -0.05) is 30.3 Å². The van der Waals surface area contributed by atoms with Crippen LogP contribution in [0.1, 0.15) is 46.1 Å². The van der Waals surface area contributed by atoms with Crippen molar-refractivity contribution in [3.05, 3.63) is 35.9 Å². The van der Waals surface area contributed by atoms with Crippen LogP contribution in [0.5, 0.6) is 0 Å². The molecule has 2 amide bonds. The lowest BCUT2D eigenvalue weighted by molar-refractivity contribution is -0.155. The number of esters is 2. The Morgan fingerprint density at radius 2 is 1.62 bits per heavy atom. The number of ether oxygens (including phenoxy) is 2. The molecule has 0 aliphatic heterocycles. The molecule has 0 heterocycles. The monoisotopic (exact) mass is 406 g/mol. The molecule has 2 atom stereocenters. The van der Waals surface area contributed by atoms with Crippen molar-refractivity contribution >= 4 is 23.8 Å². The van der Waals surface area contributed by atoms with Gasteiger partial charge in [-0.3, -0.25) is 14.4 Å². The normalized spacial score (nSPS) is 13.0. The van der Waals surface area contributed by atoms with Crippen LogP contribution in [0.25, 0.3) is 0 Å². The number of carbonyl (C=O) groups excluding carboxylic acids is 4. The van der Waals surface area contributed by atoms with Crippen molar-refractivity contribution in [2.24, 2.45) is 0 Å². The maximum Gasteiger partial charge on any atom is 0.328 e.